The monoisotopic (exact) mass is 185 g/mol. The highest BCUT2D eigenvalue weighted by Crippen LogP contribution is 2.15. The second-order valence-corrected chi connectivity index (χ2v) is 4.17. The van der Waals surface area contributed by atoms with Gasteiger partial charge in [-0.25, -0.2) is 0 Å². The Morgan fingerprint density at radius 2 is 1.92 bits per heavy atom. The Balaban J connectivity index is 3.48. The zero-order valence-corrected chi connectivity index (χ0v) is 9.39. The van der Waals surface area contributed by atoms with Crippen molar-refractivity contribution in [1.82, 2.24) is 5.32 Å². The van der Waals surface area contributed by atoms with E-state index < -0.39 is 0 Å². The summed E-state index contributed by atoms with van der Waals surface area (Å²) < 4.78 is 0. The van der Waals surface area contributed by atoms with Crippen LogP contribution in [0.25, 0.3) is 0 Å². The van der Waals surface area contributed by atoms with Crippen molar-refractivity contribution >= 4 is 5.91 Å². The Morgan fingerprint density at radius 1 is 1.31 bits per heavy atom. The first kappa shape index (κ1) is 12.5. The van der Waals surface area contributed by atoms with E-state index in [1.807, 2.05) is 0 Å². The molecule has 0 aliphatic carbocycles. The summed E-state index contributed by atoms with van der Waals surface area (Å²) in [5.41, 5.74) is 0. The van der Waals surface area contributed by atoms with Gasteiger partial charge in [0.2, 0.25) is 5.91 Å². The van der Waals surface area contributed by atoms with Crippen molar-refractivity contribution in [1.29, 1.82) is 0 Å². The van der Waals surface area contributed by atoms with Crippen molar-refractivity contribution in [2.45, 2.75) is 47.0 Å². The first-order valence-corrected chi connectivity index (χ1v) is 5.30. The van der Waals surface area contributed by atoms with Gasteiger partial charge in [-0.1, -0.05) is 33.6 Å². The summed E-state index contributed by atoms with van der Waals surface area (Å²) in [6.45, 7) is 9.09. The van der Waals surface area contributed by atoms with Gasteiger partial charge in [0, 0.05) is 13.5 Å². The zero-order valence-electron chi connectivity index (χ0n) is 9.39. The Kier molecular flexibility index (Phi) is 6.65. The first-order valence-electron chi connectivity index (χ1n) is 5.30. The van der Waals surface area contributed by atoms with Crippen LogP contribution in [-0.4, -0.2) is 12.5 Å². The molecule has 2 heteroatoms. The predicted molar refractivity (Wildman–Crippen MR) is 56.5 cm³/mol. The molecule has 0 aromatic carbocycles. The molecular weight excluding hydrogens is 162 g/mol. The Bertz CT molecular complexity index is 145. The van der Waals surface area contributed by atoms with Crippen LogP contribution in [0.3, 0.4) is 0 Å². The molecule has 1 N–H and O–H groups in total. The lowest BCUT2D eigenvalue weighted by Gasteiger charge is -2.16. The third-order valence-corrected chi connectivity index (χ3v) is 2.29. The molecule has 0 fully saturated rings. The van der Waals surface area contributed by atoms with E-state index in [4.69, 9.17) is 0 Å². The molecule has 0 radical (unpaired) electrons. The van der Waals surface area contributed by atoms with Gasteiger partial charge in [-0.2, -0.15) is 0 Å². The number of amides is 1. The van der Waals surface area contributed by atoms with E-state index in [-0.39, 0.29) is 5.91 Å². The van der Waals surface area contributed by atoms with E-state index in [2.05, 4.69) is 26.1 Å². The van der Waals surface area contributed by atoms with Gasteiger partial charge in [-0.05, 0) is 18.3 Å². The highest BCUT2D eigenvalue weighted by atomic mass is 16.1. The molecule has 78 valence electrons. The van der Waals surface area contributed by atoms with Crippen molar-refractivity contribution in [3.05, 3.63) is 0 Å². The van der Waals surface area contributed by atoms with E-state index >= 15 is 0 Å². The zero-order chi connectivity index (χ0) is 10.3. The van der Waals surface area contributed by atoms with E-state index in [1.54, 1.807) is 6.92 Å². The van der Waals surface area contributed by atoms with E-state index in [0.29, 0.717) is 5.92 Å². The van der Waals surface area contributed by atoms with E-state index in [0.717, 1.165) is 12.5 Å². The van der Waals surface area contributed by atoms with Crippen LogP contribution in [-0.2, 0) is 4.79 Å². The maximum absolute atomic E-state index is 10.6. The van der Waals surface area contributed by atoms with Gasteiger partial charge in [0.1, 0.15) is 0 Å². The SMILES string of the molecule is CCCC(C)CC(C)CNC(C)=O. The fourth-order valence-corrected chi connectivity index (χ4v) is 1.70. The largest absolute Gasteiger partial charge is 0.356 e. The third-order valence-electron chi connectivity index (χ3n) is 2.29. The lowest BCUT2D eigenvalue weighted by atomic mass is 9.94. The summed E-state index contributed by atoms with van der Waals surface area (Å²) in [5, 5.41) is 2.85. The van der Waals surface area contributed by atoms with Crippen molar-refractivity contribution < 1.29 is 4.79 Å². The van der Waals surface area contributed by atoms with Crippen molar-refractivity contribution in [3.63, 3.8) is 0 Å². The molecule has 0 heterocycles. The molecule has 2 atom stereocenters. The van der Waals surface area contributed by atoms with Crippen LogP contribution >= 0.6 is 0 Å². The standard InChI is InChI=1S/C11H23NO/c1-5-6-9(2)7-10(3)8-12-11(4)13/h9-10H,5-8H2,1-4H3,(H,12,13). The van der Waals surface area contributed by atoms with Crippen LogP contribution in [0, 0.1) is 11.8 Å². The van der Waals surface area contributed by atoms with Gasteiger partial charge in [0.25, 0.3) is 0 Å². The minimum absolute atomic E-state index is 0.0787. The molecule has 0 aliphatic rings. The molecule has 2 nitrogen and oxygen atoms in total. The topological polar surface area (TPSA) is 29.1 Å². The number of carbonyl (C=O) groups excluding carboxylic acids is 1. The summed E-state index contributed by atoms with van der Waals surface area (Å²) in [6.07, 6.45) is 3.77. The number of nitrogens with one attached hydrogen (secondary N) is 1. The summed E-state index contributed by atoms with van der Waals surface area (Å²) in [7, 11) is 0. The molecule has 1 amide bonds. The molecular formula is C11H23NO. The summed E-state index contributed by atoms with van der Waals surface area (Å²) in [6, 6.07) is 0. The Morgan fingerprint density at radius 3 is 2.38 bits per heavy atom. The minimum atomic E-state index is 0.0787. The van der Waals surface area contributed by atoms with Gasteiger partial charge in [-0.3, -0.25) is 4.79 Å². The van der Waals surface area contributed by atoms with Crippen molar-refractivity contribution in [2.24, 2.45) is 11.8 Å². The quantitative estimate of drug-likeness (QED) is 0.677. The molecule has 0 saturated heterocycles. The first-order chi connectivity index (χ1) is 6.06. The number of hydrogen-bond donors (Lipinski definition) is 1. The molecule has 0 spiro atoms. The molecule has 0 aromatic rings. The highest BCUT2D eigenvalue weighted by molar-refractivity contribution is 5.72. The normalized spacial score (nSPS) is 15.1. The molecule has 13 heavy (non-hydrogen) atoms. The third kappa shape index (κ3) is 7.82. The number of rotatable bonds is 6. The maximum Gasteiger partial charge on any atom is 0.216 e. The van der Waals surface area contributed by atoms with Crippen LogP contribution in [0.1, 0.15) is 47.0 Å². The average molecular weight is 185 g/mol. The van der Waals surface area contributed by atoms with Gasteiger partial charge < -0.3 is 5.32 Å². The molecule has 0 aromatic heterocycles. The smallest absolute Gasteiger partial charge is 0.216 e. The van der Waals surface area contributed by atoms with Crippen LogP contribution in [0.2, 0.25) is 0 Å². The summed E-state index contributed by atoms with van der Waals surface area (Å²) in [5.74, 6) is 1.47. The average Bonchev–Trinajstić information content (AvgIpc) is 2.01. The van der Waals surface area contributed by atoms with Crippen LogP contribution in [0.4, 0.5) is 0 Å². The lowest BCUT2D eigenvalue weighted by molar-refractivity contribution is -0.119. The van der Waals surface area contributed by atoms with Crippen LogP contribution < -0.4 is 5.32 Å². The van der Waals surface area contributed by atoms with Gasteiger partial charge in [0.15, 0.2) is 0 Å². The molecule has 0 aliphatic heterocycles. The second-order valence-electron chi connectivity index (χ2n) is 4.17. The molecule has 0 bridgehead atoms. The lowest BCUT2D eigenvalue weighted by Crippen LogP contribution is -2.26. The Hall–Kier alpha value is -0.530. The van der Waals surface area contributed by atoms with Crippen LogP contribution in [0.5, 0.6) is 0 Å². The number of carbonyl (C=O) groups is 1. The summed E-state index contributed by atoms with van der Waals surface area (Å²) in [4.78, 5) is 10.6. The molecule has 0 saturated carbocycles. The van der Waals surface area contributed by atoms with Crippen LogP contribution in [0.15, 0.2) is 0 Å². The van der Waals surface area contributed by atoms with Gasteiger partial charge in [-0.15, -0.1) is 0 Å². The molecule has 2 unspecified atom stereocenters. The second kappa shape index (κ2) is 6.93. The van der Waals surface area contributed by atoms with Crippen molar-refractivity contribution in [2.75, 3.05) is 6.54 Å². The highest BCUT2D eigenvalue weighted by Gasteiger charge is 2.07. The Labute approximate surface area is 82.1 Å². The fraction of sp³-hybridized carbons (Fsp3) is 0.909. The minimum Gasteiger partial charge on any atom is -0.356 e. The van der Waals surface area contributed by atoms with Crippen molar-refractivity contribution in [3.8, 4) is 0 Å². The molecule has 0 rings (SSSR count). The maximum atomic E-state index is 10.6. The number of hydrogen-bond acceptors (Lipinski definition) is 1. The van der Waals surface area contributed by atoms with E-state index in [9.17, 15) is 4.79 Å². The van der Waals surface area contributed by atoms with Gasteiger partial charge in [0.05, 0.1) is 0 Å². The predicted octanol–water partition coefficient (Wildman–Crippen LogP) is 2.58. The van der Waals surface area contributed by atoms with Gasteiger partial charge >= 0.3 is 0 Å². The van der Waals surface area contributed by atoms with E-state index in [1.165, 1.54) is 19.3 Å². The fourth-order valence-electron chi connectivity index (χ4n) is 1.70. The summed E-state index contributed by atoms with van der Waals surface area (Å²) >= 11 is 0.